The first-order valence-corrected chi connectivity index (χ1v) is 5.93. The summed E-state index contributed by atoms with van der Waals surface area (Å²) in [6, 6.07) is -0.488. The van der Waals surface area contributed by atoms with Gasteiger partial charge in [0.15, 0.2) is 0 Å². The molecule has 1 atom stereocenters. The maximum absolute atomic E-state index is 10.8. The lowest BCUT2D eigenvalue weighted by molar-refractivity contribution is -0.137. The monoisotopic (exact) mass is 209 g/mol. The van der Waals surface area contributed by atoms with E-state index in [1.54, 1.807) is 0 Å². The Balaban J connectivity index is 4.17. The van der Waals surface area contributed by atoms with Crippen molar-refractivity contribution in [3.8, 4) is 0 Å². The van der Waals surface area contributed by atoms with Crippen LogP contribution in [0.2, 0.25) is 0 Å². The molecule has 0 rings (SSSR count). The molecule has 1 unspecified atom stereocenters. The van der Waals surface area contributed by atoms with E-state index in [2.05, 4.69) is 4.72 Å². The SMILES string of the molecule is CCCC(CC(=O)O)NS(C)(=O)=O. The maximum atomic E-state index is 10.8. The van der Waals surface area contributed by atoms with Gasteiger partial charge in [-0.05, 0) is 6.42 Å². The van der Waals surface area contributed by atoms with Gasteiger partial charge in [0.05, 0.1) is 12.7 Å². The van der Waals surface area contributed by atoms with Crippen LogP contribution < -0.4 is 4.72 Å². The molecule has 5 nitrogen and oxygen atoms in total. The van der Waals surface area contributed by atoms with Gasteiger partial charge in [-0.2, -0.15) is 0 Å². The van der Waals surface area contributed by atoms with Crippen LogP contribution in [-0.2, 0) is 14.8 Å². The Kier molecular flexibility index (Phi) is 4.94. The van der Waals surface area contributed by atoms with Gasteiger partial charge in [-0.3, -0.25) is 4.79 Å². The molecule has 0 heterocycles. The molecular formula is C7H15NO4S. The summed E-state index contributed by atoms with van der Waals surface area (Å²) < 4.78 is 23.9. The van der Waals surface area contributed by atoms with E-state index >= 15 is 0 Å². The van der Waals surface area contributed by atoms with Crippen molar-refractivity contribution in [2.45, 2.75) is 32.2 Å². The molecule has 78 valence electrons. The average molecular weight is 209 g/mol. The molecule has 0 spiro atoms. The van der Waals surface area contributed by atoms with Crippen LogP contribution in [0.1, 0.15) is 26.2 Å². The van der Waals surface area contributed by atoms with Crippen molar-refractivity contribution in [2.24, 2.45) is 0 Å². The predicted molar refractivity (Wildman–Crippen MR) is 48.9 cm³/mol. The van der Waals surface area contributed by atoms with Crippen molar-refractivity contribution in [3.63, 3.8) is 0 Å². The van der Waals surface area contributed by atoms with E-state index in [0.29, 0.717) is 6.42 Å². The molecular weight excluding hydrogens is 194 g/mol. The van der Waals surface area contributed by atoms with Gasteiger partial charge >= 0.3 is 5.97 Å². The summed E-state index contributed by atoms with van der Waals surface area (Å²) in [5.74, 6) is -0.991. The number of hydrogen-bond acceptors (Lipinski definition) is 3. The second-order valence-corrected chi connectivity index (χ2v) is 4.75. The summed E-state index contributed by atoms with van der Waals surface area (Å²) in [6.45, 7) is 1.87. The largest absolute Gasteiger partial charge is 0.481 e. The van der Waals surface area contributed by atoms with Crippen molar-refractivity contribution < 1.29 is 18.3 Å². The van der Waals surface area contributed by atoms with Crippen LogP contribution in [0.5, 0.6) is 0 Å². The Morgan fingerprint density at radius 2 is 2.08 bits per heavy atom. The molecule has 2 N–H and O–H groups in total. The Bertz CT molecular complexity index is 260. The second kappa shape index (κ2) is 5.18. The van der Waals surface area contributed by atoms with Crippen molar-refractivity contribution in [2.75, 3.05) is 6.26 Å². The Morgan fingerprint density at radius 1 is 1.54 bits per heavy atom. The fourth-order valence-corrected chi connectivity index (χ4v) is 1.87. The molecule has 0 saturated carbocycles. The standard InChI is InChI=1S/C7H15NO4S/c1-3-4-6(5-7(9)10)8-13(2,11)12/h6,8H,3-5H2,1-2H3,(H,9,10). The van der Waals surface area contributed by atoms with E-state index in [-0.39, 0.29) is 6.42 Å². The lowest BCUT2D eigenvalue weighted by Crippen LogP contribution is -2.35. The summed E-state index contributed by atoms with van der Waals surface area (Å²) in [4.78, 5) is 10.3. The Hall–Kier alpha value is -0.620. The van der Waals surface area contributed by atoms with Crippen LogP contribution in [0.25, 0.3) is 0 Å². The minimum absolute atomic E-state index is 0.166. The molecule has 0 fully saturated rings. The molecule has 0 aromatic heterocycles. The smallest absolute Gasteiger partial charge is 0.304 e. The first-order chi connectivity index (χ1) is 5.85. The van der Waals surface area contributed by atoms with Gasteiger partial charge < -0.3 is 5.11 Å². The van der Waals surface area contributed by atoms with Gasteiger partial charge in [0, 0.05) is 6.04 Å². The van der Waals surface area contributed by atoms with Gasteiger partial charge in [-0.15, -0.1) is 0 Å². The zero-order valence-electron chi connectivity index (χ0n) is 7.78. The summed E-state index contributed by atoms with van der Waals surface area (Å²) in [6.07, 6.45) is 2.15. The number of aliphatic carboxylic acids is 1. The average Bonchev–Trinajstić information content (AvgIpc) is 1.81. The van der Waals surface area contributed by atoms with Crippen molar-refractivity contribution >= 4 is 16.0 Å². The minimum Gasteiger partial charge on any atom is -0.481 e. The minimum atomic E-state index is -3.30. The third kappa shape index (κ3) is 7.73. The fraction of sp³-hybridized carbons (Fsp3) is 0.857. The summed E-state index contributed by atoms with van der Waals surface area (Å²) in [5.41, 5.74) is 0. The third-order valence-corrected chi connectivity index (χ3v) is 2.20. The number of carboxylic acid groups (broad SMARTS) is 1. The number of rotatable bonds is 6. The number of sulfonamides is 1. The Morgan fingerprint density at radius 3 is 2.38 bits per heavy atom. The molecule has 6 heteroatoms. The highest BCUT2D eigenvalue weighted by Crippen LogP contribution is 2.02. The molecule has 13 heavy (non-hydrogen) atoms. The van der Waals surface area contributed by atoms with E-state index in [1.807, 2.05) is 6.92 Å². The van der Waals surface area contributed by atoms with Crippen molar-refractivity contribution in [3.05, 3.63) is 0 Å². The number of nitrogens with one attached hydrogen (secondary N) is 1. The normalized spacial score (nSPS) is 14.0. The molecule has 0 amide bonds. The predicted octanol–water partition coefficient (Wildman–Crippen LogP) is 0.179. The van der Waals surface area contributed by atoms with Crippen LogP contribution >= 0.6 is 0 Å². The van der Waals surface area contributed by atoms with Crippen LogP contribution in [0, 0.1) is 0 Å². The van der Waals surface area contributed by atoms with E-state index in [0.717, 1.165) is 12.7 Å². The number of hydrogen-bond donors (Lipinski definition) is 2. The van der Waals surface area contributed by atoms with Crippen molar-refractivity contribution in [1.29, 1.82) is 0 Å². The topological polar surface area (TPSA) is 83.5 Å². The Labute approximate surface area is 78.2 Å². The van der Waals surface area contributed by atoms with E-state index in [1.165, 1.54) is 0 Å². The lowest BCUT2D eigenvalue weighted by atomic mass is 10.1. The first kappa shape index (κ1) is 12.4. The van der Waals surface area contributed by atoms with Gasteiger partial charge in [0.25, 0.3) is 0 Å². The highest BCUT2D eigenvalue weighted by molar-refractivity contribution is 7.88. The van der Waals surface area contributed by atoms with Crippen LogP contribution in [0.3, 0.4) is 0 Å². The van der Waals surface area contributed by atoms with Crippen molar-refractivity contribution in [1.82, 2.24) is 4.72 Å². The fourth-order valence-electron chi connectivity index (χ4n) is 1.06. The number of carbonyl (C=O) groups is 1. The van der Waals surface area contributed by atoms with Crippen LogP contribution in [-0.4, -0.2) is 31.8 Å². The zero-order chi connectivity index (χ0) is 10.5. The van der Waals surface area contributed by atoms with E-state index in [9.17, 15) is 13.2 Å². The second-order valence-electron chi connectivity index (χ2n) is 2.97. The van der Waals surface area contributed by atoms with Gasteiger partial charge in [0.1, 0.15) is 0 Å². The first-order valence-electron chi connectivity index (χ1n) is 4.04. The molecule has 0 aliphatic carbocycles. The van der Waals surface area contributed by atoms with E-state index in [4.69, 9.17) is 5.11 Å². The summed E-state index contributed by atoms with van der Waals surface area (Å²) in [5, 5.41) is 8.47. The number of carboxylic acids is 1. The molecule has 0 saturated heterocycles. The molecule has 0 aliphatic rings. The van der Waals surface area contributed by atoms with Crippen LogP contribution in [0.15, 0.2) is 0 Å². The van der Waals surface area contributed by atoms with Crippen LogP contribution in [0.4, 0.5) is 0 Å². The molecule has 0 aromatic rings. The summed E-state index contributed by atoms with van der Waals surface area (Å²) >= 11 is 0. The zero-order valence-corrected chi connectivity index (χ0v) is 8.60. The molecule has 0 radical (unpaired) electrons. The lowest BCUT2D eigenvalue weighted by Gasteiger charge is -2.13. The maximum Gasteiger partial charge on any atom is 0.304 e. The highest BCUT2D eigenvalue weighted by atomic mass is 32.2. The van der Waals surface area contributed by atoms with Gasteiger partial charge in [0.2, 0.25) is 10.0 Å². The van der Waals surface area contributed by atoms with E-state index < -0.39 is 22.0 Å². The molecule has 0 aliphatic heterocycles. The quantitative estimate of drug-likeness (QED) is 0.653. The van der Waals surface area contributed by atoms with Gasteiger partial charge in [-0.1, -0.05) is 13.3 Å². The third-order valence-electron chi connectivity index (χ3n) is 1.44. The summed E-state index contributed by atoms with van der Waals surface area (Å²) in [7, 11) is -3.30. The molecule has 0 bridgehead atoms. The van der Waals surface area contributed by atoms with Gasteiger partial charge in [-0.25, -0.2) is 13.1 Å². The molecule has 0 aromatic carbocycles. The highest BCUT2D eigenvalue weighted by Gasteiger charge is 2.15.